The molecule has 4 rings (SSSR count). The number of rotatable bonds is 3. The summed E-state index contributed by atoms with van der Waals surface area (Å²) in [5.74, 6) is -0.458. The first-order chi connectivity index (χ1) is 12.5. The molecule has 0 fully saturated rings. The molecular weight excluding hydrogens is 355 g/mol. The van der Waals surface area contributed by atoms with Crippen LogP contribution in [0.25, 0.3) is 16.7 Å². The molecule has 0 N–H and O–H groups in total. The van der Waals surface area contributed by atoms with Crippen molar-refractivity contribution in [1.82, 2.24) is 19.3 Å². The molecule has 130 valence electrons. The van der Waals surface area contributed by atoms with Gasteiger partial charge in [0.05, 0.1) is 18.4 Å². The van der Waals surface area contributed by atoms with Crippen LogP contribution in [0.2, 0.25) is 5.02 Å². The maximum Gasteiger partial charge on any atom is 0.264 e. The normalized spacial score (nSPS) is 11.2. The van der Waals surface area contributed by atoms with Crippen molar-refractivity contribution in [2.45, 2.75) is 13.5 Å². The van der Waals surface area contributed by atoms with Gasteiger partial charge in [0, 0.05) is 10.6 Å². The summed E-state index contributed by atoms with van der Waals surface area (Å²) in [6.45, 7) is 2.00. The fourth-order valence-corrected chi connectivity index (χ4v) is 3.01. The van der Waals surface area contributed by atoms with E-state index in [-0.39, 0.29) is 22.7 Å². The molecule has 0 spiro atoms. The van der Waals surface area contributed by atoms with E-state index in [0.717, 1.165) is 11.3 Å². The van der Waals surface area contributed by atoms with Gasteiger partial charge in [0.15, 0.2) is 5.65 Å². The van der Waals surface area contributed by atoms with Crippen LogP contribution >= 0.6 is 11.6 Å². The number of halogens is 2. The maximum atomic E-state index is 14.0. The second kappa shape index (κ2) is 6.38. The van der Waals surface area contributed by atoms with Crippen LogP contribution in [-0.4, -0.2) is 19.3 Å². The third-order valence-electron chi connectivity index (χ3n) is 4.22. The molecule has 0 aliphatic rings. The van der Waals surface area contributed by atoms with Gasteiger partial charge < -0.3 is 0 Å². The van der Waals surface area contributed by atoms with Gasteiger partial charge in [0.25, 0.3) is 5.56 Å². The predicted molar refractivity (Wildman–Crippen MR) is 98.4 cm³/mol. The van der Waals surface area contributed by atoms with Crippen molar-refractivity contribution in [3.63, 3.8) is 0 Å². The molecule has 2 heterocycles. The Morgan fingerprint density at radius 3 is 2.65 bits per heavy atom. The highest BCUT2D eigenvalue weighted by atomic mass is 35.5. The summed E-state index contributed by atoms with van der Waals surface area (Å²) in [6, 6.07) is 12.2. The van der Waals surface area contributed by atoms with Crippen LogP contribution in [0.1, 0.15) is 11.1 Å². The number of aryl methyl sites for hydroxylation is 1. The van der Waals surface area contributed by atoms with Gasteiger partial charge in [-0.3, -0.25) is 9.36 Å². The van der Waals surface area contributed by atoms with Gasteiger partial charge in [-0.15, -0.1) is 0 Å². The summed E-state index contributed by atoms with van der Waals surface area (Å²) in [5.41, 5.74) is 2.35. The number of benzene rings is 2. The van der Waals surface area contributed by atoms with Crippen LogP contribution in [0.5, 0.6) is 0 Å². The van der Waals surface area contributed by atoms with Crippen molar-refractivity contribution < 1.29 is 4.39 Å². The Bertz CT molecular complexity index is 1140. The monoisotopic (exact) mass is 368 g/mol. The molecule has 4 aromatic rings. The average molecular weight is 369 g/mol. The van der Waals surface area contributed by atoms with E-state index in [1.807, 2.05) is 31.2 Å². The summed E-state index contributed by atoms with van der Waals surface area (Å²) in [7, 11) is 0. The molecule has 0 aliphatic carbocycles. The van der Waals surface area contributed by atoms with E-state index in [1.54, 1.807) is 10.7 Å². The van der Waals surface area contributed by atoms with E-state index in [0.29, 0.717) is 11.0 Å². The second-order valence-electron chi connectivity index (χ2n) is 6.01. The van der Waals surface area contributed by atoms with E-state index in [9.17, 15) is 9.18 Å². The lowest BCUT2D eigenvalue weighted by Crippen LogP contribution is -2.21. The minimum absolute atomic E-state index is 0.00297. The predicted octanol–water partition coefficient (Wildman–Crippen LogP) is 3.73. The number of hydrogen-bond donors (Lipinski definition) is 0. The molecule has 0 amide bonds. The number of fused-ring (bicyclic) bond motifs is 1. The highest BCUT2D eigenvalue weighted by molar-refractivity contribution is 6.31. The summed E-state index contributed by atoms with van der Waals surface area (Å²) in [4.78, 5) is 17.1. The van der Waals surface area contributed by atoms with Gasteiger partial charge in [0.1, 0.15) is 17.5 Å². The van der Waals surface area contributed by atoms with Crippen molar-refractivity contribution in [2.75, 3.05) is 0 Å². The Balaban J connectivity index is 1.79. The molecule has 0 radical (unpaired) electrons. The van der Waals surface area contributed by atoms with Crippen LogP contribution in [0, 0.1) is 12.7 Å². The first kappa shape index (κ1) is 16.5. The molecule has 0 saturated heterocycles. The smallest absolute Gasteiger partial charge is 0.264 e. The van der Waals surface area contributed by atoms with Crippen molar-refractivity contribution in [3.05, 3.63) is 87.3 Å². The zero-order valence-corrected chi connectivity index (χ0v) is 14.6. The largest absolute Gasteiger partial charge is 0.294 e. The van der Waals surface area contributed by atoms with E-state index in [4.69, 9.17) is 11.6 Å². The van der Waals surface area contributed by atoms with Gasteiger partial charge in [-0.05, 0) is 31.2 Å². The number of hydrogen-bond acceptors (Lipinski definition) is 3. The molecule has 0 aliphatic heterocycles. The van der Waals surface area contributed by atoms with Crippen molar-refractivity contribution >= 4 is 22.6 Å². The Morgan fingerprint density at radius 1 is 1.15 bits per heavy atom. The topological polar surface area (TPSA) is 52.7 Å². The maximum absolute atomic E-state index is 14.0. The Labute approximate surface area is 153 Å². The molecule has 0 atom stereocenters. The third kappa shape index (κ3) is 2.78. The highest BCUT2D eigenvalue weighted by Crippen LogP contribution is 2.20. The Kier molecular flexibility index (Phi) is 4.05. The van der Waals surface area contributed by atoms with Gasteiger partial charge in [-0.25, -0.2) is 14.1 Å². The fourth-order valence-electron chi connectivity index (χ4n) is 2.79. The Hall–Kier alpha value is -2.99. The molecule has 0 bridgehead atoms. The zero-order valence-electron chi connectivity index (χ0n) is 13.9. The first-order valence-corrected chi connectivity index (χ1v) is 8.35. The number of aromatic nitrogens is 4. The summed E-state index contributed by atoms with van der Waals surface area (Å²) in [6.07, 6.45) is 2.86. The summed E-state index contributed by atoms with van der Waals surface area (Å²) in [5, 5.41) is 4.91. The standard InChI is InChI=1S/C19H14ClFN4O/c1-12-5-7-13(8-6-12)25-18-14(9-23-25)19(26)24(11-22-18)10-15-16(20)3-2-4-17(15)21/h2-9,11H,10H2,1H3. The van der Waals surface area contributed by atoms with Crippen LogP contribution in [-0.2, 0) is 6.54 Å². The van der Waals surface area contributed by atoms with E-state index in [2.05, 4.69) is 10.1 Å². The molecule has 2 aromatic heterocycles. The van der Waals surface area contributed by atoms with E-state index < -0.39 is 5.82 Å². The fraction of sp³-hybridized carbons (Fsp3) is 0.105. The molecule has 5 nitrogen and oxygen atoms in total. The lowest BCUT2D eigenvalue weighted by Gasteiger charge is -2.09. The van der Waals surface area contributed by atoms with Crippen LogP contribution in [0.4, 0.5) is 4.39 Å². The van der Waals surface area contributed by atoms with Gasteiger partial charge in [-0.1, -0.05) is 35.4 Å². The quantitative estimate of drug-likeness (QED) is 0.553. The van der Waals surface area contributed by atoms with Crippen LogP contribution in [0.15, 0.2) is 59.8 Å². The lowest BCUT2D eigenvalue weighted by molar-refractivity contribution is 0.595. The van der Waals surface area contributed by atoms with Crippen molar-refractivity contribution in [3.8, 4) is 5.69 Å². The lowest BCUT2D eigenvalue weighted by atomic mass is 10.2. The zero-order chi connectivity index (χ0) is 18.3. The van der Waals surface area contributed by atoms with Crippen LogP contribution in [0.3, 0.4) is 0 Å². The first-order valence-electron chi connectivity index (χ1n) is 7.97. The Morgan fingerprint density at radius 2 is 1.92 bits per heavy atom. The highest BCUT2D eigenvalue weighted by Gasteiger charge is 2.14. The molecule has 0 saturated carbocycles. The molecular formula is C19H14ClFN4O. The van der Waals surface area contributed by atoms with Crippen LogP contribution < -0.4 is 5.56 Å². The third-order valence-corrected chi connectivity index (χ3v) is 4.58. The van der Waals surface area contributed by atoms with Gasteiger partial charge in [0.2, 0.25) is 0 Å². The molecule has 0 unspecified atom stereocenters. The van der Waals surface area contributed by atoms with Gasteiger partial charge in [-0.2, -0.15) is 5.10 Å². The summed E-state index contributed by atoms with van der Waals surface area (Å²) >= 11 is 6.05. The second-order valence-corrected chi connectivity index (χ2v) is 6.41. The summed E-state index contributed by atoms with van der Waals surface area (Å²) < 4.78 is 16.9. The van der Waals surface area contributed by atoms with E-state index in [1.165, 1.54) is 29.2 Å². The average Bonchev–Trinajstić information content (AvgIpc) is 3.05. The minimum atomic E-state index is -0.458. The van der Waals surface area contributed by atoms with Crippen molar-refractivity contribution in [2.24, 2.45) is 0 Å². The number of nitrogens with zero attached hydrogens (tertiary/aromatic N) is 4. The molecule has 26 heavy (non-hydrogen) atoms. The van der Waals surface area contributed by atoms with Crippen molar-refractivity contribution in [1.29, 1.82) is 0 Å². The molecule has 2 aromatic carbocycles. The van der Waals surface area contributed by atoms with Gasteiger partial charge >= 0.3 is 0 Å². The minimum Gasteiger partial charge on any atom is -0.294 e. The molecule has 7 heteroatoms. The van der Waals surface area contributed by atoms with E-state index >= 15 is 0 Å². The SMILES string of the molecule is Cc1ccc(-n2ncc3c(=O)n(Cc4c(F)cccc4Cl)cnc32)cc1.